The maximum absolute atomic E-state index is 12.2. The highest BCUT2D eigenvalue weighted by atomic mass is 16.6. The quantitative estimate of drug-likeness (QED) is 0.702. The second-order valence-electron chi connectivity index (χ2n) is 6.28. The Labute approximate surface area is 138 Å². The van der Waals surface area contributed by atoms with Gasteiger partial charge in [-0.15, -0.1) is 0 Å². The van der Waals surface area contributed by atoms with Crippen LogP contribution in [0.15, 0.2) is 12.3 Å². The van der Waals surface area contributed by atoms with E-state index in [0.29, 0.717) is 26.2 Å². The molecule has 0 saturated heterocycles. The van der Waals surface area contributed by atoms with Crippen LogP contribution in [0.5, 0.6) is 0 Å². The third-order valence-electron chi connectivity index (χ3n) is 3.19. The van der Waals surface area contributed by atoms with Crippen molar-refractivity contribution < 1.29 is 14.3 Å². The van der Waals surface area contributed by atoms with Gasteiger partial charge in [-0.25, -0.2) is 4.79 Å². The predicted octanol–water partition coefficient (Wildman–Crippen LogP) is 1.88. The van der Waals surface area contributed by atoms with E-state index in [4.69, 9.17) is 9.47 Å². The molecule has 132 valence electrons. The van der Waals surface area contributed by atoms with Crippen LogP contribution in [-0.4, -0.2) is 59.7 Å². The number of methoxy groups -OCH3 is 1. The summed E-state index contributed by atoms with van der Waals surface area (Å²) in [5, 5.41) is 7.57. The van der Waals surface area contributed by atoms with Gasteiger partial charge in [0.1, 0.15) is 5.60 Å². The number of carbonyl (C=O) groups is 1. The summed E-state index contributed by atoms with van der Waals surface area (Å²) in [4.78, 5) is 13.9. The molecule has 7 nitrogen and oxygen atoms in total. The average Bonchev–Trinajstić information content (AvgIpc) is 2.92. The Hall–Kier alpha value is -1.60. The molecule has 0 spiro atoms. The first-order valence-corrected chi connectivity index (χ1v) is 8.05. The fourth-order valence-electron chi connectivity index (χ4n) is 2.05. The summed E-state index contributed by atoms with van der Waals surface area (Å²) in [6.45, 7) is 11.5. The molecule has 0 aliphatic heterocycles. The van der Waals surface area contributed by atoms with Crippen LogP contribution in [0.2, 0.25) is 0 Å². The van der Waals surface area contributed by atoms with Crippen molar-refractivity contribution in [1.82, 2.24) is 20.0 Å². The summed E-state index contributed by atoms with van der Waals surface area (Å²) in [6.07, 6.45) is 1.49. The smallest absolute Gasteiger partial charge is 0.410 e. The highest BCUT2D eigenvalue weighted by Crippen LogP contribution is 2.09. The maximum Gasteiger partial charge on any atom is 0.410 e. The minimum absolute atomic E-state index is 0.310. The van der Waals surface area contributed by atoms with E-state index in [0.717, 1.165) is 18.8 Å². The highest BCUT2D eigenvalue weighted by molar-refractivity contribution is 5.68. The van der Waals surface area contributed by atoms with Gasteiger partial charge in [-0.05, 0) is 33.8 Å². The summed E-state index contributed by atoms with van der Waals surface area (Å²) in [7, 11) is 1.62. The van der Waals surface area contributed by atoms with Gasteiger partial charge < -0.3 is 19.7 Å². The minimum Gasteiger partial charge on any atom is -0.444 e. The number of nitrogens with zero attached hydrogens (tertiary/aromatic N) is 3. The van der Waals surface area contributed by atoms with Crippen LogP contribution < -0.4 is 5.32 Å². The number of aromatic nitrogens is 2. The molecule has 0 unspecified atom stereocenters. The first-order valence-electron chi connectivity index (χ1n) is 8.05. The Kier molecular flexibility index (Phi) is 8.05. The molecule has 0 saturated carbocycles. The SMILES string of the molecule is CCn1nccc1CNCCN(CCOC)C(=O)OC(C)(C)C. The predicted molar refractivity (Wildman–Crippen MR) is 89.3 cm³/mol. The van der Waals surface area contributed by atoms with Crippen molar-refractivity contribution in [2.45, 2.75) is 46.4 Å². The first kappa shape index (κ1) is 19.4. The van der Waals surface area contributed by atoms with E-state index in [9.17, 15) is 4.79 Å². The van der Waals surface area contributed by atoms with Crippen molar-refractivity contribution in [3.63, 3.8) is 0 Å². The van der Waals surface area contributed by atoms with E-state index >= 15 is 0 Å². The zero-order valence-electron chi connectivity index (χ0n) is 15.0. The zero-order chi connectivity index (χ0) is 17.3. The largest absolute Gasteiger partial charge is 0.444 e. The Morgan fingerprint density at radius 1 is 1.39 bits per heavy atom. The fraction of sp³-hybridized carbons (Fsp3) is 0.750. The van der Waals surface area contributed by atoms with Gasteiger partial charge in [0.2, 0.25) is 0 Å². The minimum atomic E-state index is -0.497. The average molecular weight is 326 g/mol. The molecule has 0 bridgehead atoms. The van der Waals surface area contributed by atoms with Gasteiger partial charge in [-0.2, -0.15) is 5.10 Å². The Bertz CT molecular complexity index is 468. The molecule has 0 radical (unpaired) electrons. The van der Waals surface area contributed by atoms with Gasteiger partial charge in [0, 0.05) is 46.0 Å². The third-order valence-corrected chi connectivity index (χ3v) is 3.19. The third kappa shape index (κ3) is 7.47. The molecule has 0 aliphatic rings. The van der Waals surface area contributed by atoms with Gasteiger partial charge in [-0.1, -0.05) is 0 Å². The van der Waals surface area contributed by atoms with E-state index < -0.39 is 5.60 Å². The van der Waals surface area contributed by atoms with Crippen LogP contribution in [0.1, 0.15) is 33.4 Å². The maximum atomic E-state index is 12.2. The number of hydrogen-bond donors (Lipinski definition) is 1. The molecule has 7 heteroatoms. The number of carbonyl (C=O) groups excluding carboxylic acids is 1. The first-order chi connectivity index (χ1) is 10.9. The van der Waals surface area contributed by atoms with Crippen molar-refractivity contribution in [2.24, 2.45) is 0 Å². The van der Waals surface area contributed by atoms with Crippen molar-refractivity contribution in [2.75, 3.05) is 33.4 Å². The van der Waals surface area contributed by atoms with Gasteiger partial charge in [0.15, 0.2) is 0 Å². The number of hydrogen-bond acceptors (Lipinski definition) is 5. The normalized spacial score (nSPS) is 11.5. The van der Waals surface area contributed by atoms with Crippen LogP contribution in [0, 0.1) is 0 Å². The molecule has 1 N–H and O–H groups in total. The van der Waals surface area contributed by atoms with Gasteiger partial charge in [0.05, 0.1) is 12.3 Å². The number of nitrogens with one attached hydrogen (secondary N) is 1. The van der Waals surface area contributed by atoms with Crippen LogP contribution in [0.25, 0.3) is 0 Å². The Balaban J connectivity index is 2.43. The molecular weight excluding hydrogens is 296 g/mol. The summed E-state index contributed by atoms with van der Waals surface area (Å²) >= 11 is 0. The van der Waals surface area contributed by atoms with E-state index in [1.807, 2.05) is 31.5 Å². The van der Waals surface area contributed by atoms with Crippen LogP contribution in [0.3, 0.4) is 0 Å². The summed E-state index contributed by atoms with van der Waals surface area (Å²) in [5.74, 6) is 0. The van der Waals surface area contributed by atoms with Crippen LogP contribution in [-0.2, 0) is 22.6 Å². The lowest BCUT2D eigenvalue weighted by molar-refractivity contribution is 0.0204. The molecule has 1 heterocycles. The lowest BCUT2D eigenvalue weighted by Crippen LogP contribution is -2.42. The van der Waals surface area contributed by atoms with E-state index in [1.165, 1.54) is 0 Å². The number of amides is 1. The summed E-state index contributed by atoms with van der Waals surface area (Å²) < 4.78 is 12.4. The van der Waals surface area contributed by atoms with E-state index in [1.54, 1.807) is 18.2 Å². The summed E-state index contributed by atoms with van der Waals surface area (Å²) in [5.41, 5.74) is 0.636. The van der Waals surface area contributed by atoms with Crippen molar-refractivity contribution >= 4 is 6.09 Å². The number of ether oxygens (including phenoxy) is 2. The molecule has 23 heavy (non-hydrogen) atoms. The Morgan fingerprint density at radius 2 is 2.13 bits per heavy atom. The van der Waals surface area contributed by atoms with Crippen molar-refractivity contribution in [3.8, 4) is 0 Å². The van der Waals surface area contributed by atoms with Crippen LogP contribution >= 0.6 is 0 Å². The molecule has 1 rings (SSSR count). The second-order valence-corrected chi connectivity index (χ2v) is 6.28. The van der Waals surface area contributed by atoms with E-state index in [2.05, 4.69) is 17.3 Å². The molecule has 1 amide bonds. The van der Waals surface area contributed by atoms with Crippen LogP contribution in [0.4, 0.5) is 4.79 Å². The molecule has 1 aromatic rings. The molecular formula is C16H30N4O3. The number of aryl methyl sites for hydroxylation is 1. The lowest BCUT2D eigenvalue weighted by Gasteiger charge is -2.27. The van der Waals surface area contributed by atoms with E-state index in [-0.39, 0.29) is 6.09 Å². The second kappa shape index (κ2) is 9.52. The van der Waals surface area contributed by atoms with Crippen molar-refractivity contribution in [1.29, 1.82) is 0 Å². The molecule has 0 aromatic carbocycles. The molecule has 0 atom stereocenters. The fourth-order valence-corrected chi connectivity index (χ4v) is 2.05. The standard InChI is InChI=1S/C16H30N4O3/c1-6-20-14(7-8-18-20)13-17-9-10-19(11-12-22-5)15(21)23-16(2,3)4/h7-8,17H,6,9-13H2,1-5H3. The van der Waals surface area contributed by atoms with Crippen molar-refractivity contribution in [3.05, 3.63) is 18.0 Å². The molecule has 0 aliphatic carbocycles. The highest BCUT2D eigenvalue weighted by Gasteiger charge is 2.21. The zero-order valence-corrected chi connectivity index (χ0v) is 15.0. The van der Waals surface area contributed by atoms with Gasteiger partial charge in [-0.3, -0.25) is 4.68 Å². The molecule has 1 aromatic heterocycles. The molecule has 0 fully saturated rings. The van der Waals surface area contributed by atoms with Gasteiger partial charge in [0.25, 0.3) is 0 Å². The number of rotatable bonds is 9. The summed E-state index contributed by atoms with van der Waals surface area (Å²) in [6, 6.07) is 1.99. The Morgan fingerprint density at radius 3 is 2.74 bits per heavy atom. The lowest BCUT2D eigenvalue weighted by atomic mass is 10.2. The monoisotopic (exact) mass is 326 g/mol. The topological polar surface area (TPSA) is 68.6 Å². The van der Waals surface area contributed by atoms with Gasteiger partial charge >= 0.3 is 6.09 Å².